The fourth-order valence-corrected chi connectivity index (χ4v) is 1.34. The summed E-state index contributed by atoms with van der Waals surface area (Å²) < 4.78 is 62.8. The number of alkyl halides is 2. The normalized spacial score (nSPS) is 11.8. The number of halogens is 3. The molecule has 0 unspecified atom stereocenters. The van der Waals surface area contributed by atoms with E-state index in [2.05, 4.69) is 4.18 Å². The summed E-state index contributed by atoms with van der Waals surface area (Å²) in [5.74, 6) is -1.74. The molecule has 0 N–H and O–H groups in total. The predicted molar refractivity (Wildman–Crippen MR) is 46.8 cm³/mol. The van der Waals surface area contributed by atoms with E-state index in [1.807, 2.05) is 0 Å². The zero-order valence-corrected chi connectivity index (χ0v) is 8.39. The Balaban J connectivity index is 3.11. The molecule has 1 aromatic rings. The highest BCUT2D eigenvalue weighted by atomic mass is 32.2. The van der Waals surface area contributed by atoms with Crippen LogP contribution in [0.2, 0.25) is 0 Å². The second-order valence-corrected chi connectivity index (χ2v) is 4.35. The molecule has 0 fully saturated rings. The van der Waals surface area contributed by atoms with Crippen molar-refractivity contribution in [2.24, 2.45) is 0 Å². The third-order valence-corrected chi connectivity index (χ3v) is 1.93. The summed E-state index contributed by atoms with van der Waals surface area (Å²) in [6.45, 7) is 0. The number of hydrogen-bond donors (Lipinski definition) is 0. The SMILES string of the molecule is CS(=O)(=O)Oc1cc(C(F)F)ccc1F. The van der Waals surface area contributed by atoms with E-state index in [-0.39, 0.29) is 0 Å². The molecule has 0 atom stereocenters. The molecule has 0 aliphatic rings. The van der Waals surface area contributed by atoms with Crippen molar-refractivity contribution in [3.05, 3.63) is 29.6 Å². The molecule has 3 nitrogen and oxygen atoms in total. The Morgan fingerprint density at radius 3 is 2.40 bits per heavy atom. The highest BCUT2D eigenvalue weighted by molar-refractivity contribution is 7.86. The summed E-state index contributed by atoms with van der Waals surface area (Å²) >= 11 is 0. The third-order valence-electron chi connectivity index (χ3n) is 1.45. The van der Waals surface area contributed by atoms with Gasteiger partial charge in [0.25, 0.3) is 6.43 Å². The maximum Gasteiger partial charge on any atom is 0.306 e. The van der Waals surface area contributed by atoms with E-state index in [0.29, 0.717) is 12.3 Å². The van der Waals surface area contributed by atoms with Crippen LogP contribution >= 0.6 is 0 Å². The van der Waals surface area contributed by atoms with Crippen LogP contribution < -0.4 is 4.18 Å². The quantitative estimate of drug-likeness (QED) is 0.760. The van der Waals surface area contributed by atoms with E-state index in [0.717, 1.165) is 12.1 Å². The minimum Gasteiger partial charge on any atom is -0.379 e. The van der Waals surface area contributed by atoms with Gasteiger partial charge in [0, 0.05) is 5.56 Å². The number of rotatable bonds is 3. The van der Waals surface area contributed by atoms with Crippen molar-refractivity contribution in [3.63, 3.8) is 0 Å². The van der Waals surface area contributed by atoms with Crippen LogP contribution in [0.25, 0.3) is 0 Å². The minimum absolute atomic E-state index is 0.505. The van der Waals surface area contributed by atoms with Gasteiger partial charge >= 0.3 is 10.1 Å². The first-order valence-electron chi connectivity index (χ1n) is 3.76. The summed E-state index contributed by atoms with van der Waals surface area (Å²) in [6, 6.07) is 2.23. The Bertz CT molecular complexity index is 456. The maximum absolute atomic E-state index is 12.9. The lowest BCUT2D eigenvalue weighted by Crippen LogP contribution is -2.07. The lowest BCUT2D eigenvalue weighted by molar-refractivity contribution is 0.151. The fourth-order valence-electron chi connectivity index (χ4n) is 0.883. The third kappa shape index (κ3) is 3.43. The number of benzene rings is 1. The largest absolute Gasteiger partial charge is 0.379 e. The second kappa shape index (κ2) is 4.09. The Hall–Kier alpha value is -1.24. The van der Waals surface area contributed by atoms with Gasteiger partial charge in [-0.25, -0.2) is 13.2 Å². The van der Waals surface area contributed by atoms with Crippen LogP contribution in [-0.2, 0) is 10.1 Å². The maximum atomic E-state index is 12.9. The van der Waals surface area contributed by atoms with Gasteiger partial charge in [0.05, 0.1) is 6.26 Å². The van der Waals surface area contributed by atoms with Gasteiger partial charge in [0.15, 0.2) is 11.6 Å². The van der Waals surface area contributed by atoms with Crippen LogP contribution in [0, 0.1) is 5.82 Å². The second-order valence-electron chi connectivity index (χ2n) is 2.78. The van der Waals surface area contributed by atoms with Gasteiger partial charge in [-0.1, -0.05) is 6.07 Å². The predicted octanol–water partition coefficient (Wildman–Crippen LogP) is 2.10. The van der Waals surface area contributed by atoms with Crippen molar-refractivity contribution in [1.82, 2.24) is 0 Å². The molecule has 0 heterocycles. The zero-order chi connectivity index (χ0) is 11.6. The molecule has 0 aromatic heterocycles. The van der Waals surface area contributed by atoms with E-state index < -0.39 is 33.7 Å². The average molecular weight is 240 g/mol. The first kappa shape index (κ1) is 11.8. The molecule has 0 saturated heterocycles. The Kier molecular flexibility index (Phi) is 3.23. The van der Waals surface area contributed by atoms with E-state index in [1.54, 1.807) is 0 Å². The Labute approximate surface area is 84.6 Å². The van der Waals surface area contributed by atoms with Crippen LogP contribution in [0.3, 0.4) is 0 Å². The van der Waals surface area contributed by atoms with Crippen molar-refractivity contribution in [2.45, 2.75) is 6.43 Å². The van der Waals surface area contributed by atoms with Crippen LogP contribution in [0.5, 0.6) is 5.75 Å². The average Bonchev–Trinajstić information content (AvgIpc) is 2.06. The van der Waals surface area contributed by atoms with Gasteiger partial charge in [-0.2, -0.15) is 8.42 Å². The van der Waals surface area contributed by atoms with Crippen molar-refractivity contribution < 1.29 is 25.8 Å². The zero-order valence-electron chi connectivity index (χ0n) is 7.58. The monoisotopic (exact) mass is 240 g/mol. The van der Waals surface area contributed by atoms with Crippen molar-refractivity contribution >= 4 is 10.1 Å². The first-order chi connectivity index (χ1) is 6.79. The van der Waals surface area contributed by atoms with Gasteiger partial charge < -0.3 is 4.18 Å². The molecule has 15 heavy (non-hydrogen) atoms. The topological polar surface area (TPSA) is 43.4 Å². The van der Waals surface area contributed by atoms with E-state index in [1.165, 1.54) is 0 Å². The molecule has 0 spiro atoms. The summed E-state index contributed by atoms with van der Waals surface area (Å²) in [5, 5.41) is 0. The van der Waals surface area contributed by atoms with Crippen LogP contribution in [-0.4, -0.2) is 14.7 Å². The number of hydrogen-bond acceptors (Lipinski definition) is 3. The highest BCUT2D eigenvalue weighted by Crippen LogP contribution is 2.26. The van der Waals surface area contributed by atoms with Gasteiger partial charge in [0.1, 0.15) is 0 Å². The van der Waals surface area contributed by atoms with Gasteiger partial charge in [0.2, 0.25) is 0 Å². The smallest absolute Gasteiger partial charge is 0.306 e. The van der Waals surface area contributed by atoms with Crippen molar-refractivity contribution in [3.8, 4) is 5.75 Å². The van der Waals surface area contributed by atoms with E-state index in [4.69, 9.17) is 0 Å². The molecule has 0 amide bonds. The molecule has 0 aliphatic heterocycles. The molecule has 0 saturated carbocycles. The molecular weight excluding hydrogens is 233 g/mol. The lowest BCUT2D eigenvalue weighted by atomic mass is 10.2. The molecule has 1 rings (SSSR count). The molecule has 1 aromatic carbocycles. The summed E-state index contributed by atoms with van der Waals surface area (Å²) in [6.07, 6.45) is -2.12. The minimum atomic E-state index is -3.93. The molecule has 7 heteroatoms. The van der Waals surface area contributed by atoms with Gasteiger partial charge in [-0.3, -0.25) is 0 Å². The lowest BCUT2D eigenvalue weighted by Gasteiger charge is -2.06. The summed E-state index contributed by atoms with van der Waals surface area (Å²) in [5.41, 5.74) is -0.505. The van der Waals surface area contributed by atoms with Crippen LogP contribution in [0.1, 0.15) is 12.0 Å². The van der Waals surface area contributed by atoms with Crippen molar-refractivity contribution in [1.29, 1.82) is 0 Å². The summed E-state index contributed by atoms with van der Waals surface area (Å²) in [7, 11) is -3.93. The molecule has 0 aliphatic carbocycles. The highest BCUT2D eigenvalue weighted by Gasteiger charge is 2.14. The van der Waals surface area contributed by atoms with Gasteiger partial charge in [-0.05, 0) is 12.1 Å². The van der Waals surface area contributed by atoms with E-state index >= 15 is 0 Å². The summed E-state index contributed by atoms with van der Waals surface area (Å²) in [4.78, 5) is 0. The molecule has 84 valence electrons. The van der Waals surface area contributed by atoms with Gasteiger partial charge in [-0.15, -0.1) is 0 Å². The fraction of sp³-hybridized carbons (Fsp3) is 0.250. The van der Waals surface area contributed by atoms with E-state index in [9.17, 15) is 21.6 Å². The Morgan fingerprint density at radius 2 is 1.93 bits per heavy atom. The first-order valence-corrected chi connectivity index (χ1v) is 5.58. The van der Waals surface area contributed by atoms with Crippen LogP contribution in [0.15, 0.2) is 18.2 Å². The Morgan fingerprint density at radius 1 is 1.33 bits per heavy atom. The molecular formula is C8H7F3O3S. The molecule has 0 radical (unpaired) electrons. The van der Waals surface area contributed by atoms with Crippen molar-refractivity contribution in [2.75, 3.05) is 6.26 Å². The van der Waals surface area contributed by atoms with Crippen LogP contribution in [0.4, 0.5) is 13.2 Å². The standard InChI is InChI=1S/C8H7F3O3S/c1-15(12,13)14-7-4-5(8(10)11)2-3-6(7)9/h2-4,8H,1H3. The molecule has 0 bridgehead atoms.